The first-order chi connectivity index (χ1) is 10.00. The number of amides is 1. The van der Waals surface area contributed by atoms with E-state index in [1.165, 1.54) is 0 Å². The van der Waals surface area contributed by atoms with Crippen molar-refractivity contribution in [1.82, 2.24) is 5.32 Å². The molecule has 0 bridgehead atoms. The molecule has 4 nitrogen and oxygen atoms in total. The molecule has 112 valence electrons. The molecule has 1 aromatic rings. The van der Waals surface area contributed by atoms with Crippen LogP contribution < -0.4 is 5.32 Å². The Morgan fingerprint density at radius 3 is 2.76 bits per heavy atom. The van der Waals surface area contributed by atoms with Gasteiger partial charge in [-0.25, -0.2) is 0 Å². The van der Waals surface area contributed by atoms with Crippen LogP contribution in [0.1, 0.15) is 42.6 Å². The largest absolute Gasteiger partial charge is 0.384 e. The fourth-order valence-electron chi connectivity index (χ4n) is 2.47. The van der Waals surface area contributed by atoms with Crippen molar-refractivity contribution >= 4 is 5.91 Å². The van der Waals surface area contributed by atoms with Crippen LogP contribution in [0.2, 0.25) is 0 Å². The van der Waals surface area contributed by atoms with Crippen LogP contribution in [0.3, 0.4) is 0 Å². The minimum absolute atomic E-state index is 0.0700. The summed E-state index contributed by atoms with van der Waals surface area (Å²) in [5, 5.41) is 11.7. The fourth-order valence-corrected chi connectivity index (χ4v) is 2.47. The lowest BCUT2D eigenvalue weighted by Gasteiger charge is -2.35. The second kappa shape index (κ2) is 6.75. The van der Waals surface area contributed by atoms with Crippen LogP contribution in [-0.2, 0) is 4.74 Å². The van der Waals surface area contributed by atoms with Gasteiger partial charge < -0.3 is 15.2 Å². The number of benzene rings is 1. The number of hydrogen-bond donors (Lipinski definition) is 2. The monoisotopic (exact) mass is 287 g/mol. The molecule has 1 aromatic carbocycles. The van der Waals surface area contributed by atoms with E-state index in [4.69, 9.17) is 9.84 Å². The Bertz CT molecular complexity index is 552. The maximum absolute atomic E-state index is 12.2. The van der Waals surface area contributed by atoms with Crippen molar-refractivity contribution in [1.29, 1.82) is 0 Å². The van der Waals surface area contributed by atoms with Crippen LogP contribution in [0, 0.1) is 11.8 Å². The predicted octanol–water partition coefficient (Wildman–Crippen LogP) is 1.72. The van der Waals surface area contributed by atoms with Gasteiger partial charge in [0.1, 0.15) is 6.61 Å². The van der Waals surface area contributed by atoms with Gasteiger partial charge in [-0.1, -0.05) is 11.8 Å². The zero-order chi connectivity index (χ0) is 15.3. The highest BCUT2D eigenvalue weighted by Crippen LogP contribution is 2.24. The van der Waals surface area contributed by atoms with E-state index in [1.54, 1.807) is 24.3 Å². The maximum atomic E-state index is 12.2. The Labute approximate surface area is 125 Å². The summed E-state index contributed by atoms with van der Waals surface area (Å²) in [6.45, 7) is 4.59. The lowest BCUT2D eigenvalue weighted by molar-refractivity contribution is -0.0615. The Morgan fingerprint density at radius 1 is 1.43 bits per heavy atom. The molecule has 1 amide bonds. The lowest BCUT2D eigenvalue weighted by atomic mass is 9.93. The molecule has 2 N–H and O–H groups in total. The molecule has 0 saturated carbocycles. The highest BCUT2D eigenvalue weighted by atomic mass is 16.5. The number of carbonyl (C=O) groups is 1. The third-order valence-corrected chi connectivity index (χ3v) is 3.49. The molecule has 21 heavy (non-hydrogen) atoms. The highest BCUT2D eigenvalue weighted by Gasteiger charge is 2.29. The van der Waals surface area contributed by atoms with E-state index in [-0.39, 0.29) is 24.2 Å². The Balaban J connectivity index is 1.97. The van der Waals surface area contributed by atoms with Gasteiger partial charge in [-0.3, -0.25) is 4.79 Å². The summed E-state index contributed by atoms with van der Waals surface area (Å²) in [6, 6.07) is 7.22. The molecular weight excluding hydrogens is 266 g/mol. The van der Waals surface area contributed by atoms with Crippen molar-refractivity contribution in [2.45, 2.75) is 38.3 Å². The third-order valence-electron chi connectivity index (χ3n) is 3.49. The summed E-state index contributed by atoms with van der Waals surface area (Å²) in [6.07, 6.45) is 1.66. The Morgan fingerprint density at radius 2 is 2.14 bits per heavy atom. The Hall–Kier alpha value is -1.83. The van der Waals surface area contributed by atoms with E-state index in [0.717, 1.165) is 18.4 Å². The maximum Gasteiger partial charge on any atom is 0.251 e. The van der Waals surface area contributed by atoms with E-state index >= 15 is 0 Å². The smallest absolute Gasteiger partial charge is 0.251 e. The van der Waals surface area contributed by atoms with Crippen LogP contribution in [0.15, 0.2) is 24.3 Å². The van der Waals surface area contributed by atoms with Gasteiger partial charge in [-0.15, -0.1) is 0 Å². The van der Waals surface area contributed by atoms with E-state index in [0.29, 0.717) is 12.2 Å². The van der Waals surface area contributed by atoms with Crippen molar-refractivity contribution in [3.05, 3.63) is 35.4 Å². The van der Waals surface area contributed by atoms with Crippen molar-refractivity contribution in [3.8, 4) is 11.8 Å². The SMILES string of the molecule is CC1(C)CC(NC(=O)c2ccc(C#CCO)cc2)CCO1. The molecule has 1 heterocycles. The summed E-state index contributed by atoms with van der Waals surface area (Å²) >= 11 is 0. The average molecular weight is 287 g/mol. The number of ether oxygens (including phenoxy) is 1. The second-order valence-corrected chi connectivity index (χ2v) is 5.81. The van der Waals surface area contributed by atoms with E-state index in [2.05, 4.69) is 17.2 Å². The van der Waals surface area contributed by atoms with Crippen LogP contribution in [0.5, 0.6) is 0 Å². The van der Waals surface area contributed by atoms with Crippen molar-refractivity contribution < 1.29 is 14.6 Å². The van der Waals surface area contributed by atoms with Gasteiger partial charge in [-0.05, 0) is 51.0 Å². The molecule has 0 radical (unpaired) electrons. The summed E-state index contributed by atoms with van der Waals surface area (Å²) in [4.78, 5) is 12.2. The summed E-state index contributed by atoms with van der Waals surface area (Å²) in [5.41, 5.74) is 1.22. The molecule has 4 heteroatoms. The second-order valence-electron chi connectivity index (χ2n) is 5.81. The van der Waals surface area contributed by atoms with Gasteiger partial charge in [0.15, 0.2) is 0 Å². The lowest BCUT2D eigenvalue weighted by Crippen LogP contribution is -2.45. The first-order valence-electron chi connectivity index (χ1n) is 7.15. The first kappa shape index (κ1) is 15.6. The molecule has 2 rings (SSSR count). The van der Waals surface area contributed by atoms with Gasteiger partial charge >= 0.3 is 0 Å². The highest BCUT2D eigenvalue weighted by molar-refractivity contribution is 5.94. The van der Waals surface area contributed by atoms with E-state index in [1.807, 2.05) is 13.8 Å². The van der Waals surface area contributed by atoms with Gasteiger partial charge in [-0.2, -0.15) is 0 Å². The summed E-state index contributed by atoms with van der Waals surface area (Å²) < 4.78 is 5.65. The first-order valence-corrected chi connectivity index (χ1v) is 7.15. The molecule has 1 aliphatic heterocycles. The van der Waals surface area contributed by atoms with Crippen molar-refractivity contribution in [2.75, 3.05) is 13.2 Å². The van der Waals surface area contributed by atoms with Gasteiger partial charge in [0.25, 0.3) is 5.91 Å². The van der Waals surface area contributed by atoms with Gasteiger partial charge in [0, 0.05) is 23.8 Å². The van der Waals surface area contributed by atoms with Crippen LogP contribution in [-0.4, -0.2) is 35.9 Å². The summed E-state index contributed by atoms with van der Waals surface area (Å²) in [7, 11) is 0. The average Bonchev–Trinajstić information content (AvgIpc) is 2.44. The van der Waals surface area contributed by atoms with Gasteiger partial charge in [0.2, 0.25) is 0 Å². The minimum Gasteiger partial charge on any atom is -0.384 e. The molecular formula is C17H21NO3. The number of hydrogen-bond acceptors (Lipinski definition) is 3. The number of nitrogens with one attached hydrogen (secondary N) is 1. The zero-order valence-electron chi connectivity index (χ0n) is 12.5. The summed E-state index contributed by atoms with van der Waals surface area (Å²) in [5.74, 6) is 5.31. The molecule has 0 aliphatic carbocycles. The molecule has 0 aromatic heterocycles. The van der Waals surface area contributed by atoms with Crippen LogP contribution >= 0.6 is 0 Å². The quantitative estimate of drug-likeness (QED) is 0.814. The van der Waals surface area contributed by atoms with E-state index < -0.39 is 0 Å². The molecule has 1 saturated heterocycles. The molecule has 1 aliphatic rings. The van der Waals surface area contributed by atoms with Crippen LogP contribution in [0.4, 0.5) is 0 Å². The topological polar surface area (TPSA) is 58.6 Å². The molecule has 0 spiro atoms. The van der Waals surface area contributed by atoms with E-state index in [9.17, 15) is 4.79 Å². The van der Waals surface area contributed by atoms with Crippen molar-refractivity contribution in [2.24, 2.45) is 0 Å². The zero-order valence-corrected chi connectivity index (χ0v) is 12.5. The number of rotatable bonds is 2. The molecule has 1 atom stereocenters. The standard InChI is InChI=1S/C17H21NO3/c1-17(2)12-15(9-11-21-17)18-16(20)14-7-5-13(6-8-14)4-3-10-19/h5-8,15,19H,9-12H2,1-2H3,(H,18,20). The van der Waals surface area contributed by atoms with Crippen molar-refractivity contribution in [3.63, 3.8) is 0 Å². The Kier molecular flexibility index (Phi) is 5.00. The molecule has 1 unspecified atom stereocenters. The van der Waals surface area contributed by atoms with Crippen LogP contribution in [0.25, 0.3) is 0 Å². The third kappa shape index (κ3) is 4.59. The number of aliphatic hydroxyl groups excluding tert-OH is 1. The predicted molar refractivity (Wildman–Crippen MR) is 80.9 cm³/mol. The number of aliphatic hydroxyl groups is 1. The number of carbonyl (C=O) groups excluding carboxylic acids is 1. The van der Waals surface area contributed by atoms with Gasteiger partial charge in [0.05, 0.1) is 5.60 Å². The molecule has 1 fully saturated rings. The normalized spacial score (nSPS) is 20.2. The minimum atomic E-state index is -0.181. The fraction of sp³-hybridized carbons (Fsp3) is 0.471.